The Morgan fingerprint density at radius 1 is 1.50 bits per heavy atom. The highest BCUT2D eigenvalue weighted by molar-refractivity contribution is 5.45. The molecule has 20 heavy (non-hydrogen) atoms. The zero-order valence-corrected chi connectivity index (χ0v) is 12.6. The molecule has 1 atom stereocenters. The predicted molar refractivity (Wildman–Crippen MR) is 79.7 cm³/mol. The van der Waals surface area contributed by atoms with E-state index in [1.54, 1.807) is 7.11 Å². The SMILES string of the molecule is COc1ccc(CN(C)CC2CCCN2C)cc1C#N. The molecule has 1 unspecified atom stereocenters. The third kappa shape index (κ3) is 3.50. The van der Waals surface area contributed by atoms with Gasteiger partial charge in [0.2, 0.25) is 0 Å². The Kier molecular flexibility index (Phi) is 4.99. The lowest BCUT2D eigenvalue weighted by Crippen LogP contribution is -2.36. The highest BCUT2D eigenvalue weighted by Gasteiger charge is 2.22. The van der Waals surface area contributed by atoms with Crippen LogP contribution >= 0.6 is 0 Å². The van der Waals surface area contributed by atoms with Crippen molar-refractivity contribution < 1.29 is 4.74 Å². The van der Waals surface area contributed by atoms with Gasteiger partial charge in [0.1, 0.15) is 11.8 Å². The molecule has 1 fully saturated rings. The van der Waals surface area contributed by atoms with Gasteiger partial charge in [0.05, 0.1) is 12.7 Å². The largest absolute Gasteiger partial charge is 0.495 e. The van der Waals surface area contributed by atoms with E-state index < -0.39 is 0 Å². The summed E-state index contributed by atoms with van der Waals surface area (Å²) in [6.07, 6.45) is 2.59. The van der Waals surface area contributed by atoms with E-state index in [0.29, 0.717) is 17.4 Å². The van der Waals surface area contributed by atoms with Gasteiger partial charge in [-0.25, -0.2) is 0 Å². The molecule has 0 N–H and O–H groups in total. The molecular formula is C16H23N3O. The highest BCUT2D eigenvalue weighted by atomic mass is 16.5. The van der Waals surface area contributed by atoms with Gasteiger partial charge in [-0.15, -0.1) is 0 Å². The Balaban J connectivity index is 1.97. The van der Waals surface area contributed by atoms with E-state index in [1.165, 1.54) is 19.4 Å². The van der Waals surface area contributed by atoms with Crippen molar-refractivity contribution in [3.63, 3.8) is 0 Å². The van der Waals surface area contributed by atoms with Gasteiger partial charge in [0.15, 0.2) is 0 Å². The van der Waals surface area contributed by atoms with Gasteiger partial charge in [-0.05, 0) is 51.2 Å². The van der Waals surface area contributed by atoms with Crippen LogP contribution in [0, 0.1) is 11.3 Å². The Hall–Kier alpha value is -1.57. The maximum Gasteiger partial charge on any atom is 0.136 e. The summed E-state index contributed by atoms with van der Waals surface area (Å²) in [5.41, 5.74) is 1.77. The molecule has 0 saturated carbocycles. The molecule has 1 heterocycles. The van der Waals surface area contributed by atoms with Crippen LogP contribution in [0.1, 0.15) is 24.0 Å². The smallest absolute Gasteiger partial charge is 0.136 e. The van der Waals surface area contributed by atoms with Crippen molar-refractivity contribution in [1.29, 1.82) is 5.26 Å². The Bertz CT molecular complexity index is 495. The molecule has 4 nitrogen and oxygen atoms in total. The van der Waals surface area contributed by atoms with Crippen LogP contribution in [-0.2, 0) is 6.54 Å². The molecule has 0 radical (unpaired) electrons. The lowest BCUT2D eigenvalue weighted by molar-refractivity contribution is 0.215. The van der Waals surface area contributed by atoms with E-state index >= 15 is 0 Å². The molecule has 0 amide bonds. The lowest BCUT2D eigenvalue weighted by atomic mass is 10.1. The standard InChI is InChI=1S/C16H23N3O/c1-18(12-15-5-4-8-19(15)2)11-13-6-7-16(20-3)14(9-13)10-17/h6-7,9,15H,4-5,8,11-12H2,1-3H3. The predicted octanol–water partition coefficient (Wildman–Crippen LogP) is 2.09. The van der Waals surface area contributed by atoms with E-state index in [4.69, 9.17) is 10.00 Å². The summed E-state index contributed by atoms with van der Waals surface area (Å²) in [6.45, 7) is 3.15. The molecule has 1 saturated heterocycles. The zero-order chi connectivity index (χ0) is 14.5. The summed E-state index contributed by atoms with van der Waals surface area (Å²) < 4.78 is 5.18. The third-order valence-electron chi connectivity index (χ3n) is 4.03. The maximum atomic E-state index is 9.12. The van der Waals surface area contributed by atoms with Crippen molar-refractivity contribution in [3.8, 4) is 11.8 Å². The van der Waals surface area contributed by atoms with Crippen molar-refractivity contribution in [2.24, 2.45) is 0 Å². The number of rotatable bonds is 5. The molecule has 0 bridgehead atoms. The first-order valence-electron chi connectivity index (χ1n) is 7.10. The van der Waals surface area contributed by atoms with Gasteiger partial charge in [-0.2, -0.15) is 5.26 Å². The van der Waals surface area contributed by atoms with Crippen molar-refractivity contribution in [1.82, 2.24) is 9.80 Å². The third-order valence-corrected chi connectivity index (χ3v) is 4.03. The monoisotopic (exact) mass is 273 g/mol. The van der Waals surface area contributed by atoms with Crippen LogP contribution in [0.15, 0.2) is 18.2 Å². The minimum absolute atomic E-state index is 0.608. The summed E-state index contributed by atoms with van der Waals surface area (Å²) in [5, 5.41) is 9.12. The molecule has 4 heteroatoms. The summed E-state index contributed by atoms with van der Waals surface area (Å²) in [7, 11) is 5.94. The van der Waals surface area contributed by atoms with E-state index in [1.807, 2.05) is 18.2 Å². The first-order chi connectivity index (χ1) is 9.63. The van der Waals surface area contributed by atoms with E-state index in [9.17, 15) is 0 Å². The molecular weight excluding hydrogens is 250 g/mol. The summed E-state index contributed by atoms with van der Waals surface area (Å²) >= 11 is 0. The number of nitrogens with zero attached hydrogens (tertiary/aromatic N) is 3. The molecule has 0 aromatic heterocycles. The summed E-state index contributed by atoms with van der Waals surface area (Å²) in [4.78, 5) is 4.76. The van der Waals surface area contributed by atoms with Crippen molar-refractivity contribution in [3.05, 3.63) is 29.3 Å². The van der Waals surface area contributed by atoms with Crippen LogP contribution in [0.25, 0.3) is 0 Å². The second kappa shape index (κ2) is 6.74. The Morgan fingerprint density at radius 2 is 2.30 bits per heavy atom. The first kappa shape index (κ1) is 14.8. The van der Waals surface area contributed by atoms with Crippen molar-refractivity contribution in [2.75, 3.05) is 34.3 Å². The van der Waals surface area contributed by atoms with Crippen molar-refractivity contribution >= 4 is 0 Å². The normalized spacial score (nSPS) is 19.2. The number of hydrogen-bond donors (Lipinski definition) is 0. The van der Waals surface area contributed by atoms with Crippen LogP contribution in [0.4, 0.5) is 0 Å². The second-order valence-electron chi connectivity index (χ2n) is 5.62. The molecule has 0 spiro atoms. The highest BCUT2D eigenvalue weighted by Crippen LogP contribution is 2.20. The quantitative estimate of drug-likeness (QED) is 0.823. The minimum Gasteiger partial charge on any atom is -0.495 e. The zero-order valence-electron chi connectivity index (χ0n) is 12.6. The van der Waals surface area contributed by atoms with Crippen molar-refractivity contribution in [2.45, 2.75) is 25.4 Å². The van der Waals surface area contributed by atoms with Gasteiger partial charge in [-0.3, -0.25) is 0 Å². The van der Waals surface area contributed by atoms with E-state index in [0.717, 1.165) is 18.7 Å². The number of likely N-dealkylation sites (tertiary alicyclic amines) is 1. The van der Waals surface area contributed by atoms with E-state index in [2.05, 4.69) is 30.0 Å². The van der Waals surface area contributed by atoms with E-state index in [-0.39, 0.29) is 0 Å². The fourth-order valence-corrected chi connectivity index (χ4v) is 2.89. The van der Waals surface area contributed by atoms with Crippen LogP contribution in [0.2, 0.25) is 0 Å². The summed E-state index contributed by atoms with van der Waals surface area (Å²) in [5.74, 6) is 0.648. The summed E-state index contributed by atoms with van der Waals surface area (Å²) in [6, 6.07) is 8.69. The number of benzene rings is 1. The van der Waals surface area contributed by atoms with Crippen LogP contribution in [-0.4, -0.2) is 50.1 Å². The number of likely N-dealkylation sites (N-methyl/N-ethyl adjacent to an activating group) is 2. The lowest BCUT2D eigenvalue weighted by Gasteiger charge is -2.25. The molecule has 1 aliphatic rings. The minimum atomic E-state index is 0.608. The van der Waals surface area contributed by atoms with Crippen LogP contribution in [0.5, 0.6) is 5.75 Å². The number of hydrogen-bond acceptors (Lipinski definition) is 4. The van der Waals surface area contributed by atoms with Gasteiger partial charge < -0.3 is 14.5 Å². The average molecular weight is 273 g/mol. The topological polar surface area (TPSA) is 39.5 Å². The van der Waals surface area contributed by atoms with Crippen LogP contribution < -0.4 is 4.74 Å². The molecule has 1 aliphatic heterocycles. The average Bonchev–Trinajstić information content (AvgIpc) is 2.84. The second-order valence-corrected chi connectivity index (χ2v) is 5.62. The number of ether oxygens (including phenoxy) is 1. The van der Waals surface area contributed by atoms with Crippen LogP contribution in [0.3, 0.4) is 0 Å². The van der Waals surface area contributed by atoms with Gasteiger partial charge >= 0.3 is 0 Å². The maximum absolute atomic E-state index is 9.12. The Morgan fingerprint density at radius 3 is 2.90 bits per heavy atom. The fourth-order valence-electron chi connectivity index (χ4n) is 2.89. The fraction of sp³-hybridized carbons (Fsp3) is 0.562. The molecule has 2 rings (SSSR count). The molecule has 1 aromatic carbocycles. The van der Waals surface area contributed by atoms with Gasteiger partial charge in [0.25, 0.3) is 0 Å². The molecule has 0 aliphatic carbocycles. The molecule has 1 aromatic rings. The Labute approximate surface area is 121 Å². The number of nitriles is 1. The molecule has 108 valence electrons. The first-order valence-corrected chi connectivity index (χ1v) is 7.10. The van der Waals surface area contributed by atoms with Gasteiger partial charge in [-0.1, -0.05) is 6.07 Å². The van der Waals surface area contributed by atoms with Gasteiger partial charge in [0, 0.05) is 19.1 Å². The number of methoxy groups -OCH3 is 1.